The van der Waals surface area contributed by atoms with E-state index in [1.807, 2.05) is 90.5 Å². The Morgan fingerprint density at radius 2 is 1.51 bits per heavy atom. The number of aryl methyl sites for hydroxylation is 1. The highest BCUT2D eigenvalue weighted by atomic mass is 19.1. The number of hydrogen-bond acceptors (Lipinski definition) is 3. The summed E-state index contributed by atoms with van der Waals surface area (Å²) in [6.07, 6.45) is 0. The molecule has 1 amide bonds. The number of nitrogens with zero attached hydrogens (tertiary/aromatic N) is 3. The second kappa shape index (κ2) is 9.73. The van der Waals surface area contributed by atoms with Crippen molar-refractivity contribution in [3.05, 3.63) is 126 Å². The lowest BCUT2D eigenvalue weighted by atomic mass is 10.1. The Hall–Kier alpha value is -4.58. The van der Waals surface area contributed by atoms with Crippen LogP contribution in [0.25, 0.3) is 22.8 Å². The quantitative estimate of drug-likeness (QED) is 0.319. The summed E-state index contributed by atoms with van der Waals surface area (Å²) in [5, 5.41) is 7.67. The summed E-state index contributed by atoms with van der Waals surface area (Å²) < 4.78 is 15.2. The maximum Gasteiger partial charge on any atom is 0.255 e. The van der Waals surface area contributed by atoms with Gasteiger partial charge in [0, 0.05) is 22.4 Å². The number of aromatic nitrogens is 3. The summed E-state index contributed by atoms with van der Waals surface area (Å²) in [6.45, 7) is 2.45. The molecule has 0 fully saturated rings. The molecule has 4 aromatic carbocycles. The molecule has 0 bridgehead atoms. The van der Waals surface area contributed by atoms with Gasteiger partial charge in [-0.3, -0.25) is 4.79 Å². The van der Waals surface area contributed by atoms with E-state index in [-0.39, 0.29) is 11.7 Å². The summed E-state index contributed by atoms with van der Waals surface area (Å²) >= 11 is 0. The van der Waals surface area contributed by atoms with E-state index in [0.717, 1.165) is 28.1 Å². The van der Waals surface area contributed by atoms with Gasteiger partial charge in [0.15, 0.2) is 11.6 Å². The minimum atomic E-state index is -0.272. The molecule has 5 rings (SSSR count). The van der Waals surface area contributed by atoms with E-state index in [1.54, 1.807) is 12.1 Å². The number of benzene rings is 4. The van der Waals surface area contributed by atoms with E-state index in [2.05, 4.69) is 5.32 Å². The number of hydrogen-bond donors (Lipinski definition) is 1. The van der Waals surface area contributed by atoms with Crippen LogP contribution < -0.4 is 5.32 Å². The van der Waals surface area contributed by atoms with E-state index in [1.165, 1.54) is 12.1 Å². The number of carbonyl (C=O) groups is 1. The lowest BCUT2D eigenvalue weighted by molar-refractivity contribution is 0.102. The van der Waals surface area contributed by atoms with Crippen molar-refractivity contribution in [1.82, 2.24) is 14.8 Å². The maximum absolute atomic E-state index is 13.4. The van der Waals surface area contributed by atoms with Crippen LogP contribution in [-0.4, -0.2) is 20.7 Å². The van der Waals surface area contributed by atoms with Crippen LogP contribution in [-0.2, 0) is 6.54 Å². The predicted molar refractivity (Wildman–Crippen MR) is 136 cm³/mol. The first-order valence-corrected chi connectivity index (χ1v) is 11.3. The second-order valence-corrected chi connectivity index (χ2v) is 8.31. The minimum Gasteiger partial charge on any atom is -0.322 e. The van der Waals surface area contributed by atoms with Gasteiger partial charge < -0.3 is 5.32 Å². The summed E-state index contributed by atoms with van der Waals surface area (Å²) in [5.41, 5.74) is 5.09. The molecular formula is C29H23FN4O. The molecule has 0 aliphatic rings. The molecule has 1 aromatic heterocycles. The van der Waals surface area contributed by atoms with Gasteiger partial charge in [0.05, 0.1) is 6.54 Å². The summed E-state index contributed by atoms with van der Waals surface area (Å²) in [7, 11) is 0. The third-order valence-electron chi connectivity index (χ3n) is 5.66. The van der Waals surface area contributed by atoms with E-state index < -0.39 is 0 Å². The minimum absolute atomic E-state index is 0.161. The average Bonchev–Trinajstić information content (AvgIpc) is 3.30. The Labute approximate surface area is 202 Å². The van der Waals surface area contributed by atoms with Crippen molar-refractivity contribution in [1.29, 1.82) is 0 Å². The van der Waals surface area contributed by atoms with Gasteiger partial charge in [0.1, 0.15) is 5.82 Å². The number of carbonyl (C=O) groups excluding carboxylic acids is 1. The van der Waals surface area contributed by atoms with Gasteiger partial charge in [-0.25, -0.2) is 14.1 Å². The molecule has 35 heavy (non-hydrogen) atoms. The predicted octanol–water partition coefficient (Wildman–Crippen LogP) is 6.36. The van der Waals surface area contributed by atoms with Crippen molar-refractivity contribution < 1.29 is 9.18 Å². The van der Waals surface area contributed by atoms with E-state index in [9.17, 15) is 9.18 Å². The highest BCUT2D eigenvalue weighted by Crippen LogP contribution is 2.25. The first kappa shape index (κ1) is 22.2. The second-order valence-electron chi connectivity index (χ2n) is 8.31. The lowest BCUT2D eigenvalue weighted by Crippen LogP contribution is -2.11. The van der Waals surface area contributed by atoms with Crippen molar-refractivity contribution in [2.45, 2.75) is 13.5 Å². The highest BCUT2D eigenvalue weighted by molar-refractivity contribution is 6.04. The van der Waals surface area contributed by atoms with Crippen molar-refractivity contribution >= 4 is 11.6 Å². The van der Waals surface area contributed by atoms with Crippen molar-refractivity contribution in [2.75, 3.05) is 5.32 Å². The normalized spacial score (nSPS) is 10.8. The number of nitrogens with one attached hydrogen (secondary N) is 1. The van der Waals surface area contributed by atoms with E-state index in [4.69, 9.17) is 10.1 Å². The van der Waals surface area contributed by atoms with Gasteiger partial charge >= 0.3 is 0 Å². The number of amides is 1. The molecule has 5 aromatic rings. The Balaban J connectivity index is 1.41. The molecule has 0 radical (unpaired) electrons. The third kappa shape index (κ3) is 5.17. The van der Waals surface area contributed by atoms with Gasteiger partial charge in [0.25, 0.3) is 5.91 Å². The van der Waals surface area contributed by atoms with Crippen LogP contribution in [0.4, 0.5) is 10.1 Å². The molecule has 6 heteroatoms. The number of rotatable bonds is 6. The molecule has 1 heterocycles. The van der Waals surface area contributed by atoms with Crippen molar-refractivity contribution in [2.24, 2.45) is 0 Å². The zero-order valence-corrected chi connectivity index (χ0v) is 19.1. The van der Waals surface area contributed by atoms with Gasteiger partial charge in [-0.1, -0.05) is 60.2 Å². The number of halogens is 1. The zero-order valence-electron chi connectivity index (χ0n) is 19.1. The maximum atomic E-state index is 13.4. The van der Waals surface area contributed by atoms with Crippen LogP contribution in [0, 0.1) is 12.7 Å². The van der Waals surface area contributed by atoms with Gasteiger partial charge in [-0.2, -0.15) is 5.10 Å². The lowest BCUT2D eigenvalue weighted by Gasteiger charge is -2.06. The van der Waals surface area contributed by atoms with Gasteiger partial charge in [-0.05, 0) is 61.0 Å². The van der Waals surface area contributed by atoms with E-state index >= 15 is 0 Å². The summed E-state index contributed by atoms with van der Waals surface area (Å²) in [6, 6.07) is 31.1. The topological polar surface area (TPSA) is 59.8 Å². The molecule has 0 saturated carbocycles. The molecule has 1 N–H and O–H groups in total. The van der Waals surface area contributed by atoms with Crippen LogP contribution in [0.2, 0.25) is 0 Å². The SMILES string of the molecule is Cc1ccc(C(=O)Nc2ccc(-c3nc(-c4ccccc4)n(Cc4ccc(F)cc4)n3)cc2)cc1. The molecule has 0 aliphatic carbocycles. The van der Waals surface area contributed by atoms with Crippen LogP contribution in [0.15, 0.2) is 103 Å². The molecular weight excluding hydrogens is 439 g/mol. The fourth-order valence-corrected chi connectivity index (χ4v) is 3.75. The van der Waals surface area contributed by atoms with Gasteiger partial charge in [-0.15, -0.1) is 0 Å². The van der Waals surface area contributed by atoms with Crippen LogP contribution in [0.3, 0.4) is 0 Å². The Morgan fingerprint density at radius 1 is 0.829 bits per heavy atom. The Bertz CT molecular complexity index is 1440. The number of anilines is 1. The molecule has 0 saturated heterocycles. The molecule has 5 nitrogen and oxygen atoms in total. The molecule has 172 valence electrons. The largest absolute Gasteiger partial charge is 0.322 e. The average molecular weight is 463 g/mol. The first-order valence-electron chi connectivity index (χ1n) is 11.3. The Kier molecular flexibility index (Phi) is 6.18. The van der Waals surface area contributed by atoms with Crippen molar-refractivity contribution in [3.8, 4) is 22.8 Å². The van der Waals surface area contributed by atoms with Crippen LogP contribution >= 0.6 is 0 Å². The van der Waals surface area contributed by atoms with Crippen LogP contribution in [0.1, 0.15) is 21.5 Å². The molecule has 0 atom stereocenters. The molecule has 0 unspecified atom stereocenters. The fraction of sp³-hybridized carbons (Fsp3) is 0.0690. The molecule has 0 spiro atoms. The summed E-state index contributed by atoms with van der Waals surface area (Å²) in [5.74, 6) is 0.862. The first-order chi connectivity index (χ1) is 17.0. The third-order valence-corrected chi connectivity index (χ3v) is 5.66. The molecule has 0 aliphatic heterocycles. The smallest absolute Gasteiger partial charge is 0.255 e. The van der Waals surface area contributed by atoms with Gasteiger partial charge in [0.2, 0.25) is 0 Å². The summed E-state index contributed by atoms with van der Waals surface area (Å²) in [4.78, 5) is 17.3. The highest BCUT2D eigenvalue weighted by Gasteiger charge is 2.14. The van der Waals surface area contributed by atoms with Crippen LogP contribution in [0.5, 0.6) is 0 Å². The van der Waals surface area contributed by atoms with E-state index in [0.29, 0.717) is 23.6 Å². The zero-order chi connectivity index (χ0) is 24.2. The standard InChI is InChI=1S/C29H23FN4O/c1-20-7-11-24(12-8-20)29(35)31-26-17-13-22(14-18-26)27-32-28(23-5-3-2-4-6-23)34(33-27)19-21-9-15-25(30)16-10-21/h2-18H,19H2,1H3,(H,31,35). The monoisotopic (exact) mass is 462 g/mol. The Morgan fingerprint density at radius 3 is 2.20 bits per heavy atom. The fourth-order valence-electron chi connectivity index (χ4n) is 3.75. The van der Waals surface area contributed by atoms with Crippen molar-refractivity contribution in [3.63, 3.8) is 0 Å².